The van der Waals surface area contributed by atoms with Crippen molar-refractivity contribution < 1.29 is 24.5 Å². The van der Waals surface area contributed by atoms with Gasteiger partial charge in [-0.25, -0.2) is 0 Å². The molecule has 0 saturated heterocycles. The van der Waals surface area contributed by atoms with Gasteiger partial charge in [0, 0.05) is 6.07 Å². The normalized spacial score (nSPS) is 13.2. The highest BCUT2D eigenvalue weighted by molar-refractivity contribution is 5.41. The van der Waals surface area contributed by atoms with Gasteiger partial charge in [-0.15, -0.1) is 0 Å². The summed E-state index contributed by atoms with van der Waals surface area (Å²) in [6.07, 6.45) is -2.15. The summed E-state index contributed by atoms with van der Waals surface area (Å²) in [6, 6.07) is 25.0. The molecule has 0 radical (unpaired) electrons. The lowest BCUT2D eigenvalue weighted by atomic mass is 9.99. The van der Waals surface area contributed by atoms with Crippen molar-refractivity contribution in [2.24, 2.45) is 0 Å². The average molecular weight is 374 g/mol. The van der Waals surface area contributed by atoms with E-state index in [1.807, 2.05) is 36.4 Å². The van der Waals surface area contributed by atoms with Crippen LogP contribution < -0.4 is 9.79 Å². The predicted octanol–water partition coefficient (Wildman–Crippen LogP) is 2.19. The number of aliphatic hydroxyl groups excluding tert-OH is 2. The van der Waals surface area contributed by atoms with Crippen molar-refractivity contribution in [3.05, 3.63) is 107 Å². The third kappa shape index (κ3) is 3.26. The highest BCUT2D eigenvalue weighted by Crippen LogP contribution is 2.29. The number of nitrogens with zero attached hydrogens (tertiary/aromatic N) is 2. The second-order valence-corrected chi connectivity index (χ2v) is 6.34. The summed E-state index contributed by atoms with van der Waals surface area (Å²) in [5.41, 5.74) is 2.20. The molecule has 0 bridgehead atoms. The molecule has 2 atom stereocenters. The van der Waals surface area contributed by atoms with Crippen LogP contribution >= 0.6 is 0 Å². The molecular weight excluding hydrogens is 356 g/mol. The second kappa shape index (κ2) is 7.64. The summed E-state index contributed by atoms with van der Waals surface area (Å²) >= 11 is 0. The van der Waals surface area contributed by atoms with Crippen LogP contribution in [-0.4, -0.2) is 15.5 Å². The summed E-state index contributed by atoms with van der Waals surface area (Å²) in [5, 5.41) is 37.8. The molecule has 2 unspecified atom stereocenters. The van der Waals surface area contributed by atoms with Gasteiger partial charge >= 0.3 is 0 Å². The minimum Gasteiger partial charge on any atom is -0.539 e. The van der Waals surface area contributed by atoms with Crippen LogP contribution in [0, 0.1) is 0 Å². The van der Waals surface area contributed by atoms with Crippen LogP contribution in [0.15, 0.2) is 89.5 Å². The first-order valence-corrected chi connectivity index (χ1v) is 8.81. The second-order valence-electron chi connectivity index (χ2n) is 6.34. The monoisotopic (exact) mass is 374 g/mol. The van der Waals surface area contributed by atoms with E-state index < -0.39 is 18.2 Å². The van der Waals surface area contributed by atoms with Crippen molar-refractivity contribution in [1.29, 1.82) is 0 Å². The lowest BCUT2D eigenvalue weighted by Gasteiger charge is -2.13. The number of aromatic nitrogens is 2. The molecule has 4 rings (SSSR count). The van der Waals surface area contributed by atoms with Crippen LogP contribution in [0.1, 0.15) is 34.6 Å². The number of para-hydroxylation sites is 1. The van der Waals surface area contributed by atoms with Gasteiger partial charge in [-0.2, -0.15) is 0 Å². The van der Waals surface area contributed by atoms with Gasteiger partial charge in [0.2, 0.25) is 5.69 Å². The van der Waals surface area contributed by atoms with E-state index in [0.29, 0.717) is 22.4 Å². The molecule has 140 valence electrons. The topological polar surface area (TPSA) is 93.4 Å². The zero-order valence-electron chi connectivity index (χ0n) is 14.8. The maximum absolute atomic E-state index is 12.3. The predicted molar refractivity (Wildman–Crippen MR) is 98.5 cm³/mol. The van der Waals surface area contributed by atoms with Crippen LogP contribution in [0.4, 0.5) is 0 Å². The zero-order chi connectivity index (χ0) is 19.5. The molecule has 0 aliphatic carbocycles. The molecule has 0 saturated carbocycles. The van der Waals surface area contributed by atoms with E-state index in [1.165, 1.54) is 4.68 Å². The van der Waals surface area contributed by atoms with E-state index in [1.54, 1.807) is 48.5 Å². The first-order chi connectivity index (χ1) is 13.7. The fourth-order valence-electron chi connectivity index (χ4n) is 3.18. The Morgan fingerprint density at radius 3 is 1.93 bits per heavy atom. The molecule has 6 heteroatoms. The fraction of sp³-hybridized carbons (Fsp3) is 0.0909. The van der Waals surface area contributed by atoms with Gasteiger partial charge in [0.1, 0.15) is 6.10 Å². The summed E-state index contributed by atoms with van der Waals surface area (Å²) < 4.78 is 6.10. The Labute approximate surface area is 161 Å². The van der Waals surface area contributed by atoms with E-state index in [2.05, 4.69) is 5.27 Å². The third-order valence-corrected chi connectivity index (χ3v) is 4.59. The molecule has 4 aromatic rings. The van der Waals surface area contributed by atoms with Crippen molar-refractivity contribution in [2.45, 2.75) is 12.2 Å². The summed E-state index contributed by atoms with van der Waals surface area (Å²) in [6.45, 7) is 0. The van der Waals surface area contributed by atoms with E-state index in [9.17, 15) is 15.3 Å². The minimum atomic E-state index is -1.22. The number of rotatable bonds is 5. The van der Waals surface area contributed by atoms with Crippen LogP contribution in [0.5, 0.6) is 5.95 Å². The smallest absolute Gasteiger partial charge is 0.272 e. The van der Waals surface area contributed by atoms with Gasteiger partial charge in [0.05, 0.1) is 10.8 Å². The van der Waals surface area contributed by atoms with Gasteiger partial charge < -0.3 is 19.8 Å². The Kier molecular flexibility index (Phi) is 4.89. The Morgan fingerprint density at radius 2 is 1.29 bits per heavy atom. The summed E-state index contributed by atoms with van der Waals surface area (Å²) in [7, 11) is 0. The third-order valence-electron chi connectivity index (χ3n) is 4.59. The standard InChI is InChI=1S/C22H18N2O4/c25-20(15-9-3-1-4-10-15)17-13-7-8-14-18(17)24-19(22(27)28-23-24)21(26)16-11-5-2-6-12-16/h1-14,20-21,25-26H. The van der Waals surface area contributed by atoms with Crippen molar-refractivity contribution in [3.63, 3.8) is 0 Å². The molecule has 2 N–H and O–H groups in total. The minimum absolute atomic E-state index is 0.0288. The number of hydrogen-bond acceptors (Lipinski definition) is 5. The van der Waals surface area contributed by atoms with Gasteiger partial charge in [-0.05, 0) is 21.9 Å². The lowest BCUT2D eigenvalue weighted by molar-refractivity contribution is -0.681. The van der Waals surface area contributed by atoms with Crippen LogP contribution in [-0.2, 0) is 0 Å². The van der Waals surface area contributed by atoms with Gasteiger partial charge in [-0.3, -0.25) is 0 Å². The molecular formula is C22H18N2O4. The number of hydrogen-bond donors (Lipinski definition) is 2. The largest absolute Gasteiger partial charge is 0.539 e. The van der Waals surface area contributed by atoms with Crippen molar-refractivity contribution in [3.8, 4) is 11.6 Å². The van der Waals surface area contributed by atoms with Gasteiger partial charge in [-0.1, -0.05) is 72.8 Å². The molecule has 1 aromatic heterocycles. The molecule has 6 nitrogen and oxygen atoms in total. The highest BCUT2D eigenvalue weighted by atomic mass is 16.6. The van der Waals surface area contributed by atoms with Crippen LogP contribution in [0.2, 0.25) is 0 Å². The zero-order valence-corrected chi connectivity index (χ0v) is 14.8. The quantitative estimate of drug-likeness (QED) is 0.522. The summed E-state index contributed by atoms with van der Waals surface area (Å²) in [4.78, 5) is 0. The SMILES string of the molecule is [O-]c1on[n+](-c2ccccc2C(O)c2ccccc2)c1C(O)c1ccccc1. The Hall–Kier alpha value is -3.48. The fourth-order valence-corrected chi connectivity index (χ4v) is 3.18. The molecule has 0 aliphatic rings. The van der Waals surface area contributed by atoms with E-state index in [-0.39, 0.29) is 5.69 Å². The molecule has 0 fully saturated rings. The Morgan fingerprint density at radius 1 is 0.750 bits per heavy atom. The average Bonchev–Trinajstić information content (AvgIpc) is 3.15. The van der Waals surface area contributed by atoms with E-state index in [4.69, 9.17) is 4.52 Å². The summed E-state index contributed by atoms with van der Waals surface area (Å²) in [5.74, 6) is -0.736. The first kappa shape index (κ1) is 17.9. The Bertz CT molecular complexity index is 1060. The van der Waals surface area contributed by atoms with Crippen LogP contribution in [0.25, 0.3) is 5.69 Å². The molecule has 0 aliphatic heterocycles. The van der Waals surface area contributed by atoms with Gasteiger partial charge in [0.25, 0.3) is 5.69 Å². The van der Waals surface area contributed by atoms with Crippen molar-refractivity contribution >= 4 is 0 Å². The number of benzene rings is 3. The maximum atomic E-state index is 12.3. The maximum Gasteiger partial charge on any atom is 0.272 e. The molecule has 3 aromatic carbocycles. The van der Waals surface area contributed by atoms with Crippen molar-refractivity contribution in [2.75, 3.05) is 0 Å². The van der Waals surface area contributed by atoms with Crippen molar-refractivity contribution in [1.82, 2.24) is 5.27 Å². The van der Waals surface area contributed by atoms with Gasteiger partial charge in [0.15, 0.2) is 12.1 Å². The molecule has 0 amide bonds. The number of aliphatic hydroxyl groups is 2. The first-order valence-electron chi connectivity index (χ1n) is 8.81. The molecule has 1 heterocycles. The van der Waals surface area contributed by atoms with E-state index >= 15 is 0 Å². The van der Waals surface area contributed by atoms with Crippen LogP contribution in [0.3, 0.4) is 0 Å². The molecule has 28 heavy (non-hydrogen) atoms. The Balaban J connectivity index is 1.82. The molecule has 0 spiro atoms. The highest BCUT2D eigenvalue weighted by Gasteiger charge is 2.31. The van der Waals surface area contributed by atoms with E-state index in [0.717, 1.165) is 0 Å². The lowest BCUT2D eigenvalue weighted by Crippen LogP contribution is -2.40.